The maximum absolute atomic E-state index is 9.97. The van der Waals surface area contributed by atoms with Gasteiger partial charge in [0.25, 0.3) is 0 Å². The lowest BCUT2D eigenvalue weighted by Gasteiger charge is -2.02. The topological polar surface area (TPSA) is 38.3 Å². The number of ether oxygens (including phenoxy) is 1. The Labute approximate surface area is 77.0 Å². The average Bonchev–Trinajstić information content (AvgIpc) is 2.19. The van der Waals surface area contributed by atoms with Crippen molar-refractivity contribution in [1.82, 2.24) is 0 Å². The van der Waals surface area contributed by atoms with Crippen LogP contribution in [0, 0.1) is 0 Å². The minimum absolute atomic E-state index is 0.715. The van der Waals surface area contributed by atoms with Crippen LogP contribution in [0.5, 0.6) is 5.75 Å². The van der Waals surface area contributed by atoms with Crippen LogP contribution in [-0.4, -0.2) is 13.4 Å². The van der Waals surface area contributed by atoms with Crippen LogP contribution in [0.1, 0.15) is 0 Å². The second-order valence-corrected chi connectivity index (χ2v) is 2.37. The molecule has 0 atom stereocenters. The number of anilines is 1. The van der Waals surface area contributed by atoms with Gasteiger partial charge in [-0.05, 0) is 18.2 Å². The van der Waals surface area contributed by atoms with E-state index in [-0.39, 0.29) is 0 Å². The highest BCUT2D eigenvalue weighted by Gasteiger charge is 1.91. The van der Waals surface area contributed by atoms with Gasteiger partial charge in [-0.25, -0.2) is 0 Å². The van der Waals surface area contributed by atoms with Crippen LogP contribution in [0.3, 0.4) is 0 Å². The van der Waals surface area contributed by atoms with Crippen LogP contribution in [0.15, 0.2) is 36.5 Å². The van der Waals surface area contributed by atoms with E-state index in [1.54, 1.807) is 13.3 Å². The molecule has 0 spiro atoms. The molecule has 0 amide bonds. The van der Waals surface area contributed by atoms with E-state index in [2.05, 4.69) is 5.32 Å². The first kappa shape index (κ1) is 9.32. The van der Waals surface area contributed by atoms with Gasteiger partial charge in [-0.15, -0.1) is 0 Å². The summed E-state index contributed by atoms with van der Waals surface area (Å²) in [7, 11) is 1.61. The third kappa shape index (κ3) is 2.99. The summed E-state index contributed by atoms with van der Waals surface area (Å²) in [6.45, 7) is 0. The van der Waals surface area contributed by atoms with Crippen LogP contribution in [0.4, 0.5) is 5.69 Å². The number of hydrogen-bond acceptors (Lipinski definition) is 3. The van der Waals surface area contributed by atoms with Gasteiger partial charge in [-0.1, -0.05) is 6.07 Å². The Kier molecular flexibility index (Phi) is 3.57. The Morgan fingerprint density at radius 3 is 3.00 bits per heavy atom. The predicted octanol–water partition coefficient (Wildman–Crippen LogP) is 1.82. The lowest BCUT2D eigenvalue weighted by atomic mass is 10.3. The smallest absolute Gasteiger partial charge is 0.144 e. The van der Waals surface area contributed by atoms with Gasteiger partial charge in [0, 0.05) is 18.0 Å². The second kappa shape index (κ2) is 4.98. The van der Waals surface area contributed by atoms with Gasteiger partial charge in [-0.2, -0.15) is 0 Å². The molecular weight excluding hydrogens is 166 g/mol. The van der Waals surface area contributed by atoms with E-state index in [1.807, 2.05) is 24.3 Å². The Morgan fingerprint density at radius 1 is 1.46 bits per heavy atom. The standard InChI is InChI=1S/C10H11NO2/c1-13-10-5-2-4-9(8-10)11-6-3-7-12/h2-8,11H,1H3/b6-3+. The molecule has 0 aliphatic heterocycles. The molecule has 0 bridgehead atoms. The Hall–Kier alpha value is -1.77. The molecule has 0 unspecified atom stereocenters. The molecule has 0 aliphatic carbocycles. The van der Waals surface area contributed by atoms with Gasteiger partial charge in [-0.3, -0.25) is 4.79 Å². The Morgan fingerprint density at radius 2 is 2.31 bits per heavy atom. The maximum atomic E-state index is 9.97. The number of aldehydes is 1. The first-order chi connectivity index (χ1) is 6.36. The van der Waals surface area contributed by atoms with E-state index >= 15 is 0 Å². The highest BCUT2D eigenvalue weighted by molar-refractivity contribution is 5.66. The molecule has 0 radical (unpaired) electrons. The Balaban J connectivity index is 2.66. The highest BCUT2D eigenvalue weighted by Crippen LogP contribution is 2.16. The molecule has 1 N–H and O–H groups in total. The SMILES string of the molecule is COc1cccc(N/C=C/C=O)c1. The first-order valence-corrected chi connectivity index (χ1v) is 3.87. The zero-order valence-corrected chi connectivity index (χ0v) is 7.36. The van der Waals surface area contributed by atoms with Crippen LogP contribution in [0.25, 0.3) is 0 Å². The fraction of sp³-hybridized carbons (Fsp3) is 0.100. The van der Waals surface area contributed by atoms with E-state index in [4.69, 9.17) is 4.74 Å². The van der Waals surface area contributed by atoms with Crippen LogP contribution >= 0.6 is 0 Å². The van der Waals surface area contributed by atoms with E-state index in [0.29, 0.717) is 6.29 Å². The van der Waals surface area contributed by atoms with E-state index < -0.39 is 0 Å². The minimum Gasteiger partial charge on any atom is -0.497 e. The fourth-order valence-electron chi connectivity index (χ4n) is 0.896. The second-order valence-electron chi connectivity index (χ2n) is 2.37. The summed E-state index contributed by atoms with van der Waals surface area (Å²) < 4.78 is 5.03. The normalized spacial score (nSPS) is 9.92. The number of carbonyl (C=O) groups is 1. The molecule has 1 aromatic rings. The zero-order chi connectivity index (χ0) is 9.52. The van der Waals surface area contributed by atoms with Crippen LogP contribution in [0.2, 0.25) is 0 Å². The summed E-state index contributed by atoms with van der Waals surface area (Å²) in [6.07, 6.45) is 3.68. The molecule has 0 fully saturated rings. The fourth-order valence-corrected chi connectivity index (χ4v) is 0.896. The lowest BCUT2D eigenvalue weighted by Crippen LogP contribution is -1.88. The minimum atomic E-state index is 0.715. The van der Waals surface area contributed by atoms with Crippen molar-refractivity contribution in [1.29, 1.82) is 0 Å². The molecule has 0 saturated carbocycles. The molecular formula is C10H11NO2. The number of allylic oxidation sites excluding steroid dienone is 1. The average molecular weight is 177 g/mol. The van der Waals surface area contributed by atoms with Crippen molar-refractivity contribution >= 4 is 12.0 Å². The number of nitrogens with one attached hydrogen (secondary N) is 1. The molecule has 0 saturated heterocycles. The third-order valence-electron chi connectivity index (χ3n) is 1.49. The predicted molar refractivity (Wildman–Crippen MR) is 51.8 cm³/mol. The first-order valence-electron chi connectivity index (χ1n) is 3.87. The van der Waals surface area contributed by atoms with Crippen molar-refractivity contribution in [3.63, 3.8) is 0 Å². The monoisotopic (exact) mass is 177 g/mol. The number of hydrogen-bond donors (Lipinski definition) is 1. The number of methoxy groups -OCH3 is 1. The van der Waals surface area contributed by atoms with E-state index in [9.17, 15) is 4.79 Å². The number of carbonyl (C=O) groups excluding carboxylic acids is 1. The summed E-state index contributed by atoms with van der Waals surface area (Å²) in [4.78, 5) is 9.97. The van der Waals surface area contributed by atoms with Crippen molar-refractivity contribution in [3.8, 4) is 5.75 Å². The molecule has 3 heteroatoms. The van der Waals surface area contributed by atoms with Crippen LogP contribution in [-0.2, 0) is 4.79 Å². The van der Waals surface area contributed by atoms with Gasteiger partial charge in [0.2, 0.25) is 0 Å². The van der Waals surface area contributed by atoms with Gasteiger partial charge in [0.05, 0.1) is 7.11 Å². The van der Waals surface area contributed by atoms with Gasteiger partial charge in [0.15, 0.2) is 0 Å². The molecule has 0 heterocycles. The van der Waals surface area contributed by atoms with Crippen LogP contribution < -0.4 is 10.1 Å². The Bertz CT molecular complexity index is 308. The van der Waals surface area contributed by atoms with E-state index in [1.165, 1.54) is 6.08 Å². The molecule has 1 aromatic carbocycles. The molecule has 0 aliphatic rings. The lowest BCUT2D eigenvalue weighted by molar-refractivity contribution is -0.104. The summed E-state index contributed by atoms with van der Waals surface area (Å²) in [5, 5.41) is 2.93. The van der Waals surface area contributed by atoms with Gasteiger partial charge < -0.3 is 10.1 Å². The number of benzene rings is 1. The summed E-state index contributed by atoms with van der Waals surface area (Å²) in [5.74, 6) is 0.782. The largest absolute Gasteiger partial charge is 0.497 e. The molecule has 0 aromatic heterocycles. The molecule has 1 rings (SSSR count). The number of rotatable bonds is 4. The summed E-state index contributed by atoms with van der Waals surface area (Å²) >= 11 is 0. The van der Waals surface area contributed by atoms with Gasteiger partial charge in [0.1, 0.15) is 12.0 Å². The van der Waals surface area contributed by atoms with Crippen molar-refractivity contribution in [2.24, 2.45) is 0 Å². The summed E-state index contributed by atoms with van der Waals surface area (Å²) in [6, 6.07) is 7.46. The van der Waals surface area contributed by atoms with Gasteiger partial charge >= 0.3 is 0 Å². The third-order valence-corrected chi connectivity index (χ3v) is 1.49. The zero-order valence-electron chi connectivity index (χ0n) is 7.36. The highest BCUT2D eigenvalue weighted by atomic mass is 16.5. The van der Waals surface area contributed by atoms with Crippen molar-refractivity contribution in [2.75, 3.05) is 12.4 Å². The molecule has 13 heavy (non-hydrogen) atoms. The van der Waals surface area contributed by atoms with E-state index in [0.717, 1.165) is 11.4 Å². The summed E-state index contributed by atoms with van der Waals surface area (Å²) in [5.41, 5.74) is 0.887. The van der Waals surface area contributed by atoms with Crippen molar-refractivity contribution in [2.45, 2.75) is 0 Å². The van der Waals surface area contributed by atoms with Crippen molar-refractivity contribution in [3.05, 3.63) is 36.5 Å². The maximum Gasteiger partial charge on any atom is 0.144 e. The quantitative estimate of drug-likeness (QED) is 0.563. The molecule has 68 valence electrons. The molecule has 3 nitrogen and oxygen atoms in total. The van der Waals surface area contributed by atoms with Crippen molar-refractivity contribution < 1.29 is 9.53 Å².